The molecule has 0 unspecified atom stereocenters. The molecule has 3 N–H and O–H groups in total. The van der Waals surface area contributed by atoms with Gasteiger partial charge in [-0.1, -0.05) is 18.2 Å². The van der Waals surface area contributed by atoms with E-state index in [2.05, 4.69) is 21.8 Å². The minimum Gasteiger partial charge on any atom is -0.444 e. The van der Waals surface area contributed by atoms with Gasteiger partial charge < -0.3 is 20.2 Å². The second-order valence-corrected chi connectivity index (χ2v) is 12.6. The third kappa shape index (κ3) is 5.31. The summed E-state index contributed by atoms with van der Waals surface area (Å²) in [6.45, 7) is 3.44. The molecule has 15 heteroatoms. The van der Waals surface area contributed by atoms with Crippen LogP contribution in [0.5, 0.6) is 0 Å². The highest BCUT2D eigenvalue weighted by atomic mass is 32.2. The molecule has 2 radical (unpaired) electrons. The van der Waals surface area contributed by atoms with Gasteiger partial charge in [0.25, 0.3) is 5.91 Å². The number of nitrogens with zero attached hydrogens (tertiary/aromatic N) is 2. The Balaban J connectivity index is 1.27. The van der Waals surface area contributed by atoms with Crippen LogP contribution in [0.2, 0.25) is 0 Å². The molecular formula is C25H29BFN5O7S. The van der Waals surface area contributed by atoms with E-state index in [1.165, 1.54) is 21.9 Å². The summed E-state index contributed by atoms with van der Waals surface area (Å²) in [6, 6.07) is 3.47. The van der Waals surface area contributed by atoms with E-state index >= 15 is 0 Å². The van der Waals surface area contributed by atoms with Crippen molar-refractivity contribution >= 4 is 41.8 Å². The van der Waals surface area contributed by atoms with Gasteiger partial charge >= 0.3 is 6.09 Å². The normalized spacial score (nSPS) is 27.1. The van der Waals surface area contributed by atoms with E-state index in [0.717, 1.165) is 0 Å². The first kappa shape index (κ1) is 28.1. The number of hydrogen-bond donors (Lipinski definition) is 3. The van der Waals surface area contributed by atoms with E-state index in [9.17, 15) is 32.0 Å². The SMILES string of the molecule is [B]NCC(=O)N1C[C@H](OC(=O)N2Cc3cccc(F)c3C2)C[C@H]1C(=O)N[C@]1(C(=O)NS(=O)(=O)C2CC2)C[C@H]1C=C. The number of amides is 4. The van der Waals surface area contributed by atoms with E-state index < -0.39 is 68.5 Å². The van der Waals surface area contributed by atoms with Crippen molar-refractivity contribution in [2.24, 2.45) is 5.92 Å². The first-order chi connectivity index (χ1) is 19.0. The summed E-state index contributed by atoms with van der Waals surface area (Å²) in [6.07, 6.45) is 0.860. The monoisotopic (exact) mass is 573 g/mol. The van der Waals surface area contributed by atoms with E-state index in [4.69, 9.17) is 12.7 Å². The number of likely N-dealkylation sites (tertiary alicyclic amines) is 1. The van der Waals surface area contributed by atoms with Crippen LogP contribution >= 0.6 is 0 Å². The lowest BCUT2D eigenvalue weighted by molar-refractivity contribution is -0.139. The number of sulfonamides is 1. The highest BCUT2D eigenvalue weighted by Crippen LogP contribution is 2.45. The molecule has 4 atom stereocenters. The third-order valence-electron chi connectivity index (χ3n) is 7.84. The van der Waals surface area contributed by atoms with Gasteiger partial charge in [0, 0.05) is 24.4 Å². The van der Waals surface area contributed by atoms with Gasteiger partial charge in [-0.05, 0) is 30.9 Å². The minimum absolute atomic E-state index is 0.0293. The van der Waals surface area contributed by atoms with Gasteiger partial charge in [0.05, 0.1) is 24.9 Å². The second kappa shape index (κ2) is 10.5. The average molecular weight is 573 g/mol. The summed E-state index contributed by atoms with van der Waals surface area (Å²) in [7, 11) is 1.45. The number of benzene rings is 1. The fourth-order valence-electron chi connectivity index (χ4n) is 5.34. The number of halogens is 1. The molecule has 4 aliphatic rings. The molecule has 4 amide bonds. The Morgan fingerprint density at radius 1 is 1.23 bits per heavy atom. The molecule has 1 saturated heterocycles. The topological polar surface area (TPSA) is 154 Å². The molecule has 40 heavy (non-hydrogen) atoms. The van der Waals surface area contributed by atoms with Crippen LogP contribution < -0.4 is 15.3 Å². The minimum atomic E-state index is -3.86. The number of ether oxygens (including phenoxy) is 1. The van der Waals surface area contributed by atoms with Crippen molar-refractivity contribution in [3.63, 3.8) is 0 Å². The lowest BCUT2D eigenvalue weighted by Gasteiger charge is -2.26. The molecule has 2 aliphatic heterocycles. The first-order valence-electron chi connectivity index (χ1n) is 12.9. The highest BCUT2D eigenvalue weighted by molar-refractivity contribution is 7.91. The number of fused-ring (bicyclic) bond motifs is 1. The summed E-state index contributed by atoms with van der Waals surface area (Å²) in [5, 5.41) is 4.25. The van der Waals surface area contributed by atoms with Crippen LogP contribution in [0.1, 0.15) is 36.8 Å². The summed E-state index contributed by atoms with van der Waals surface area (Å²) >= 11 is 0. The van der Waals surface area contributed by atoms with Gasteiger partial charge in [-0.3, -0.25) is 24.0 Å². The van der Waals surface area contributed by atoms with Gasteiger partial charge in [0.1, 0.15) is 23.5 Å². The quantitative estimate of drug-likeness (QED) is 0.266. The molecule has 2 aliphatic carbocycles. The lowest BCUT2D eigenvalue weighted by Crippen LogP contribution is -2.57. The van der Waals surface area contributed by atoms with Crippen molar-refractivity contribution < 1.29 is 36.7 Å². The molecule has 2 saturated carbocycles. The predicted molar refractivity (Wildman–Crippen MR) is 139 cm³/mol. The molecule has 5 rings (SSSR count). The summed E-state index contributed by atoms with van der Waals surface area (Å²) < 4.78 is 46.5. The van der Waals surface area contributed by atoms with Gasteiger partial charge in [-0.25, -0.2) is 17.6 Å². The van der Waals surface area contributed by atoms with Crippen molar-refractivity contribution in [3.8, 4) is 0 Å². The summed E-state index contributed by atoms with van der Waals surface area (Å²) in [5.41, 5.74) is -0.454. The standard InChI is InChI=1S/C25H29BFN5O7S/c1-2-15-9-25(15,23(35)30-40(37,38)17-6-7-17)29-22(34)20-8-16(12-32(20)21(33)10-28-26)39-24(36)31-11-14-4-3-5-19(27)18(14)13-31/h2-5,15-17,20,28H,1,6-13H2,(H,29,34)(H,30,35)/t15-,16-,20+,25-/m1/s1. The maximum Gasteiger partial charge on any atom is 0.410 e. The number of nitrogens with one attached hydrogen (secondary N) is 3. The molecule has 0 bridgehead atoms. The van der Waals surface area contributed by atoms with Gasteiger partial charge in [-0.15, -0.1) is 6.58 Å². The maximum atomic E-state index is 14.1. The van der Waals surface area contributed by atoms with Crippen molar-refractivity contribution in [2.75, 3.05) is 13.1 Å². The number of carbonyl (C=O) groups is 4. The van der Waals surface area contributed by atoms with Crippen LogP contribution in [-0.2, 0) is 42.2 Å². The zero-order valence-electron chi connectivity index (χ0n) is 21.6. The molecule has 3 fully saturated rings. The third-order valence-corrected chi connectivity index (χ3v) is 9.66. The molecular weight excluding hydrogens is 544 g/mol. The molecule has 2 heterocycles. The van der Waals surface area contributed by atoms with Gasteiger partial charge in [0.2, 0.25) is 21.8 Å². The van der Waals surface area contributed by atoms with Crippen LogP contribution in [0.25, 0.3) is 0 Å². The molecule has 1 aromatic carbocycles. The van der Waals surface area contributed by atoms with Crippen LogP contribution in [0.3, 0.4) is 0 Å². The second-order valence-electron chi connectivity index (χ2n) is 10.6. The Hall–Kier alpha value is -3.46. The first-order valence-corrected chi connectivity index (χ1v) is 14.5. The number of carbonyl (C=O) groups excluding carboxylic acids is 4. The fraction of sp³-hybridized carbons (Fsp3) is 0.520. The van der Waals surface area contributed by atoms with Crippen LogP contribution in [-0.4, -0.2) is 86.0 Å². The smallest absolute Gasteiger partial charge is 0.410 e. The Labute approximate surface area is 232 Å². The Morgan fingerprint density at radius 3 is 2.60 bits per heavy atom. The van der Waals surface area contributed by atoms with E-state index in [1.54, 1.807) is 12.1 Å². The zero-order chi connectivity index (χ0) is 28.8. The maximum absolute atomic E-state index is 14.1. The molecule has 12 nitrogen and oxygen atoms in total. The van der Waals surface area contributed by atoms with Gasteiger partial charge in [0.15, 0.2) is 7.98 Å². The van der Waals surface area contributed by atoms with Gasteiger partial charge in [-0.2, -0.15) is 0 Å². The molecule has 0 aromatic heterocycles. The Kier molecular flexibility index (Phi) is 7.38. The van der Waals surface area contributed by atoms with E-state index in [1.807, 2.05) is 0 Å². The average Bonchev–Trinajstić information content (AvgIpc) is 3.79. The highest BCUT2D eigenvalue weighted by Gasteiger charge is 2.62. The predicted octanol–water partition coefficient (Wildman–Crippen LogP) is -0.410. The van der Waals surface area contributed by atoms with Crippen molar-refractivity contribution in [1.82, 2.24) is 25.1 Å². The van der Waals surface area contributed by atoms with Crippen LogP contribution in [0, 0.1) is 11.7 Å². The van der Waals surface area contributed by atoms with Crippen molar-refractivity contribution in [3.05, 3.63) is 47.8 Å². The summed E-state index contributed by atoms with van der Waals surface area (Å²) in [4.78, 5) is 54.7. The molecule has 0 spiro atoms. The van der Waals surface area contributed by atoms with Crippen molar-refractivity contribution in [1.29, 1.82) is 0 Å². The summed E-state index contributed by atoms with van der Waals surface area (Å²) in [5.74, 6) is -3.03. The largest absolute Gasteiger partial charge is 0.444 e. The number of hydrogen-bond acceptors (Lipinski definition) is 8. The van der Waals surface area contributed by atoms with E-state index in [-0.39, 0.29) is 39.0 Å². The van der Waals surface area contributed by atoms with Crippen LogP contribution in [0.4, 0.5) is 9.18 Å². The number of rotatable bonds is 9. The fourth-order valence-corrected chi connectivity index (χ4v) is 6.71. The zero-order valence-corrected chi connectivity index (χ0v) is 22.4. The Bertz CT molecular complexity index is 1370. The lowest BCUT2D eigenvalue weighted by atomic mass is 10.1. The molecule has 212 valence electrons. The molecule has 1 aromatic rings. The van der Waals surface area contributed by atoms with Crippen molar-refractivity contribution in [2.45, 2.75) is 61.7 Å². The Morgan fingerprint density at radius 2 is 1.98 bits per heavy atom. The van der Waals surface area contributed by atoms with E-state index in [0.29, 0.717) is 24.0 Å². The van der Waals surface area contributed by atoms with Crippen LogP contribution in [0.15, 0.2) is 30.9 Å².